The molecule has 0 aliphatic carbocycles. The highest BCUT2D eigenvalue weighted by molar-refractivity contribution is 6.33. The Hall–Kier alpha value is -0.0800. The maximum Gasteiger partial charge on any atom is 0.197 e. The fraction of sp³-hybridized carbons (Fsp3) is 0.800. The summed E-state index contributed by atoms with van der Waals surface area (Å²) in [5.74, 6) is -0.401. The van der Waals surface area contributed by atoms with Crippen molar-refractivity contribution >= 4 is 17.4 Å². The second kappa shape index (κ2) is 2.46. The lowest BCUT2D eigenvalue weighted by atomic mass is 10.2. The number of ketones is 1. The summed E-state index contributed by atoms with van der Waals surface area (Å²) in [7, 11) is 0. The van der Waals surface area contributed by atoms with Crippen molar-refractivity contribution in [2.45, 2.75) is 25.3 Å². The number of hydrogen-bond acceptors (Lipinski definition) is 2. The predicted molar refractivity (Wildman–Crippen MR) is 31.8 cm³/mol. The Morgan fingerprint density at radius 2 is 2.25 bits per heavy atom. The third-order valence-corrected chi connectivity index (χ3v) is 1.54. The molecule has 0 saturated heterocycles. The van der Waals surface area contributed by atoms with Crippen molar-refractivity contribution < 1.29 is 9.90 Å². The molecule has 0 aromatic carbocycles. The van der Waals surface area contributed by atoms with Crippen LogP contribution in [-0.2, 0) is 4.79 Å². The van der Waals surface area contributed by atoms with Gasteiger partial charge in [0.2, 0.25) is 0 Å². The van der Waals surface area contributed by atoms with Crippen LogP contribution in [0, 0.1) is 0 Å². The van der Waals surface area contributed by atoms with Gasteiger partial charge in [0.15, 0.2) is 10.8 Å². The summed E-state index contributed by atoms with van der Waals surface area (Å²) in [5, 5.41) is 7.19. The summed E-state index contributed by atoms with van der Waals surface area (Å²) >= 11 is 5.26. The van der Waals surface area contributed by atoms with E-state index in [9.17, 15) is 4.79 Å². The van der Waals surface area contributed by atoms with Gasteiger partial charge in [-0.2, -0.15) is 0 Å². The van der Waals surface area contributed by atoms with Gasteiger partial charge in [0.05, 0.1) is 0 Å². The molecule has 1 unspecified atom stereocenters. The molecule has 0 bridgehead atoms. The molecule has 0 aromatic rings. The molecule has 0 aromatic heterocycles. The zero-order chi connectivity index (χ0) is 6.78. The number of rotatable bonds is 2. The van der Waals surface area contributed by atoms with Gasteiger partial charge in [-0.05, 0) is 13.3 Å². The van der Waals surface area contributed by atoms with E-state index in [0.717, 1.165) is 0 Å². The first-order valence-electron chi connectivity index (χ1n) is 2.43. The second-order valence-electron chi connectivity index (χ2n) is 1.67. The second-order valence-corrected chi connectivity index (χ2v) is 2.29. The van der Waals surface area contributed by atoms with Gasteiger partial charge in [-0.3, -0.25) is 4.79 Å². The average molecular weight is 137 g/mol. The minimum Gasteiger partial charge on any atom is -0.369 e. The molecule has 3 heteroatoms. The van der Waals surface area contributed by atoms with E-state index >= 15 is 0 Å². The van der Waals surface area contributed by atoms with Crippen molar-refractivity contribution in [3.8, 4) is 0 Å². The number of Topliss-reactive ketones (excluding diaryl/α,β-unsaturated/α-hetero) is 1. The summed E-state index contributed by atoms with van der Waals surface area (Å²) in [6, 6.07) is 0. The molecular weight excluding hydrogens is 128 g/mol. The molecule has 0 aliphatic heterocycles. The highest BCUT2D eigenvalue weighted by atomic mass is 35.5. The van der Waals surface area contributed by atoms with Gasteiger partial charge < -0.3 is 5.11 Å². The van der Waals surface area contributed by atoms with Crippen molar-refractivity contribution in [1.29, 1.82) is 0 Å². The van der Waals surface area contributed by atoms with E-state index in [4.69, 9.17) is 16.7 Å². The van der Waals surface area contributed by atoms with Gasteiger partial charge in [0.25, 0.3) is 0 Å². The molecule has 1 atom stereocenters. The molecule has 48 valence electrons. The Kier molecular flexibility index (Phi) is 2.44. The normalized spacial score (nSPS) is 17.5. The molecule has 0 fully saturated rings. The highest BCUT2D eigenvalue weighted by Gasteiger charge is 2.25. The Labute approximate surface area is 53.5 Å². The van der Waals surface area contributed by atoms with Gasteiger partial charge in [-0.25, -0.2) is 0 Å². The molecule has 8 heavy (non-hydrogen) atoms. The molecule has 0 amide bonds. The van der Waals surface area contributed by atoms with Crippen LogP contribution in [0.3, 0.4) is 0 Å². The van der Waals surface area contributed by atoms with Crippen LogP contribution in [-0.4, -0.2) is 16.0 Å². The molecular formula is C5H9ClO2. The largest absolute Gasteiger partial charge is 0.369 e. The Balaban J connectivity index is 3.91. The standard InChI is InChI=1S/C5H9ClO2/c1-3-5(6,8)4(2)7/h8H,3H2,1-2H3. The van der Waals surface area contributed by atoms with E-state index in [1.165, 1.54) is 6.92 Å². The van der Waals surface area contributed by atoms with E-state index < -0.39 is 10.8 Å². The van der Waals surface area contributed by atoms with Gasteiger partial charge >= 0.3 is 0 Å². The monoisotopic (exact) mass is 136 g/mol. The first kappa shape index (κ1) is 7.92. The van der Waals surface area contributed by atoms with Crippen molar-refractivity contribution in [2.24, 2.45) is 0 Å². The number of carbonyl (C=O) groups is 1. The molecule has 0 radical (unpaired) electrons. The summed E-state index contributed by atoms with van der Waals surface area (Å²) < 4.78 is 0. The van der Waals surface area contributed by atoms with E-state index in [1.807, 2.05) is 0 Å². The number of halogens is 1. The highest BCUT2D eigenvalue weighted by Crippen LogP contribution is 2.15. The zero-order valence-corrected chi connectivity index (χ0v) is 5.70. The Morgan fingerprint density at radius 3 is 2.25 bits per heavy atom. The smallest absolute Gasteiger partial charge is 0.197 e. The summed E-state index contributed by atoms with van der Waals surface area (Å²) in [6.45, 7) is 2.91. The lowest BCUT2D eigenvalue weighted by molar-refractivity contribution is -0.128. The van der Waals surface area contributed by atoms with Crippen molar-refractivity contribution in [1.82, 2.24) is 0 Å². The lowest BCUT2D eigenvalue weighted by Crippen LogP contribution is -2.28. The molecule has 0 rings (SSSR count). The van der Waals surface area contributed by atoms with E-state index in [1.54, 1.807) is 6.92 Å². The maximum atomic E-state index is 10.3. The lowest BCUT2D eigenvalue weighted by Gasteiger charge is -2.12. The van der Waals surface area contributed by atoms with Crippen LogP contribution in [0.25, 0.3) is 0 Å². The fourth-order valence-corrected chi connectivity index (χ4v) is 0.249. The topological polar surface area (TPSA) is 37.3 Å². The summed E-state index contributed by atoms with van der Waals surface area (Å²) in [5.41, 5.74) is 0. The van der Waals surface area contributed by atoms with E-state index in [-0.39, 0.29) is 6.42 Å². The third-order valence-electron chi connectivity index (χ3n) is 1.01. The Bertz CT molecular complexity index is 98.6. The summed E-state index contributed by atoms with van der Waals surface area (Å²) in [4.78, 5) is 10.3. The van der Waals surface area contributed by atoms with Crippen LogP contribution in [0.5, 0.6) is 0 Å². The van der Waals surface area contributed by atoms with Crippen LogP contribution in [0.1, 0.15) is 20.3 Å². The van der Waals surface area contributed by atoms with Crippen LogP contribution >= 0.6 is 11.6 Å². The minimum absolute atomic E-state index is 0.254. The van der Waals surface area contributed by atoms with Gasteiger partial charge in [-0.1, -0.05) is 18.5 Å². The van der Waals surface area contributed by atoms with Crippen LogP contribution < -0.4 is 0 Å². The maximum absolute atomic E-state index is 10.3. The minimum atomic E-state index is -1.62. The van der Waals surface area contributed by atoms with E-state index in [2.05, 4.69) is 0 Å². The predicted octanol–water partition coefficient (Wildman–Crippen LogP) is 0.913. The quantitative estimate of drug-likeness (QED) is 0.573. The van der Waals surface area contributed by atoms with Crippen molar-refractivity contribution in [3.63, 3.8) is 0 Å². The first-order valence-corrected chi connectivity index (χ1v) is 2.81. The molecule has 0 aliphatic rings. The average Bonchev–Trinajstić information content (AvgIpc) is 1.67. The van der Waals surface area contributed by atoms with E-state index in [0.29, 0.717) is 0 Å². The van der Waals surface area contributed by atoms with Gasteiger partial charge in [0.1, 0.15) is 0 Å². The SMILES string of the molecule is CCC(O)(Cl)C(C)=O. The number of alkyl halides is 1. The van der Waals surface area contributed by atoms with Crippen LogP contribution in [0.4, 0.5) is 0 Å². The fourth-order valence-electron chi connectivity index (χ4n) is 0.249. The number of aliphatic hydroxyl groups is 1. The summed E-state index contributed by atoms with van der Waals surface area (Å²) in [6.07, 6.45) is 0.254. The molecule has 2 nitrogen and oxygen atoms in total. The zero-order valence-electron chi connectivity index (χ0n) is 4.94. The molecule has 1 N–H and O–H groups in total. The molecule has 0 saturated carbocycles. The molecule has 0 spiro atoms. The van der Waals surface area contributed by atoms with Crippen molar-refractivity contribution in [2.75, 3.05) is 0 Å². The Morgan fingerprint density at radius 1 is 1.88 bits per heavy atom. The van der Waals surface area contributed by atoms with Crippen LogP contribution in [0.15, 0.2) is 0 Å². The molecule has 0 heterocycles. The van der Waals surface area contributed by atoms with Gasteiger partial charge in [-0.15, -0.1) is 0 Å². The van der Waals surface area contributed by atoms with Gasteiger partial charge in [0, 0.05) is 0 Å². The first-order chi connectivity index (χ1) is 3.50. The number of hydrogen-bond donors (Lipinski definition) is 1. The number of carbonyl (C=O) groups excluding carboxylic acids is 1. The third kappa shape index (κ3) is 1.80. The van der Waals surface area contributed by atoms with Crippen LogP contribution in [0.2, 0.25) is 0 Å². The van der Waals surface area contributed by atoms with Crippen molar-refractivity contribution in [3.05, 3.63) is 0 Å².